The Bertz CT molecular complexity index is 3950. The molecule has 2 spiro atoms. The molecule has 0 radical (unpaired) electrons. The first-order valence-electron chi connectivity index (χ1n) is 24.6. The fourth-order valence-corrected chi connectivity index (χ4v) is 14.5. The number of rotatable bonds is 2. The molecule has 316 valence electrons. The van der Waals surface area contributed by atoms with Gasteiger partial charge in [-0.2, -0.15) is 0 Å². The van der Waals surface area contributed by atoms with Gasteiger partial charge in [0.2, 0.25) is 0 Å². The Morgan fingerprint density at radius 1 is 0.235 bits per heavy atom. The van der Waals surface area contributed by atoms with Crippen molar-refractivity contribution in [1.29, 1.82) is 0 Å². The Morgan fingerprint density at radius 2 is 0.574 bits per heavy atom. The summed E-state index contributed by atoms with van der Waals surface area (Å²) in [5, 5.41) is 13.1. The SMILES string of the molecule is c1ccc2c(c1)CCC21c2ccccc2-c2ccc(-c3ccc4c5ccc(-c6ccc7c(c6)C6(CCc8ccccc86)c6ccccc6-7)cc5c5c6ccccc6c6ccccc6c5c4c3)cc21. The van der Waals surface area contributed by atoms with Crippen LogP contribution in [0.1, 0.15) is 57.3 Å². The molecule has 4 aliphatic rings. The minimum atomic E-state index is -0.129. The van der Waals surface area contributed by atoms with E-state index in [2.05, 4.69) is 218 Å². The van der Waals surface area contributed by atoms with Crippen LogP contribution in [0.25, 0.3) is 98.4 Å². The smallest absolute Gasteiger partial charge is 0.0469 e. The van der Waals surface area contributed by atoms with Crippen LogP contribution in [0.3, 0.4) is 0 Å². The fraction of sp³-hybridized carbons (Fsp3) is 0.0882. The molecule has 0 saturated heterocycles. The maximum absolute atomic E-state index is 2.55. The van der Waals surface area contributed by atoms with Gasteiger partial charge in [-0.05, 0) is 193 Å². The van der Waals surface area contributed by atoms with Crippen LogP contribution in [0.4, 0.5) is 0 Å². The summed E-state index contributed by atoms with van der Waals surface area (Å²) < 4.78 is 0. The Hall–Kier alpha value is -8.06. The number of hydrogen-bond donors (Lipinski definition) is 0. The van der Waals surface area contributed by atoms with Gasteiger partial charge in [0.25, 0.3) is 0 Å². The molecule has 0 N–H and O–H groups in total. The van der Waals surface area contributed by atoms with E-state index >= 15 is 0 Å². The minimum absolute atomic E-state index is 0.129. The second-order valence-corrected chi connectivity index (χ2v) is 20.1. The van der Waals surface area contributed by atoms with E-state index in [9.17, 15) is 0 Å². The van der Waals surface area contributed by atoms with Crippen LogP contribution in [0.15, 0.2) is 218 Å². The van der Waals surface area contributed by atoms with E-state index in [0.29, 0.717) is 0 Å². The highest BCUT2D eigenvalue weighted by molar-refractivity contribution is 6.39. The van der Waals surface area contributed by atoms with Crippen molar-refractivity contribution >= 4 is 53.9 Å². The third-order valence-electron chi connectivity index (χ3n) is 17.3. The lowest BCUT2D eigenvalue weighted by Crippen LogP contribution is -2.23. The molecule has 0 heterocycles. The van der Waals surface area contributed by atoms with Crippen LogP contribution in [-0.4, -0.2) is 0 Å². The van der Waals surface area contributed by atoms with Gasteiger partial charge in [-0.25, -0.2) is 0 Å². The van der Waals surface area contributed by atoms with Crippen molar-refractivity contribution < 1.29 is 0 Å². The minimum Gasteiger partial charge on any atom is -0.0620 e. The van der Waals surface area contributed by atoms with Gasteiger partial charge in [-0.15, -0.1) is 0 Å². The van der Waals surface area contributed by atoms with Crippen molar-refractivity contribution in [3.8, 4) is 44.5 Å². The lowest BCUT2D eigenvalue weighted by atomic mass is 9.73. The van der Waals surface area contributed by atoms with Gasteiger partial charge in [-0.1, -0.05) is 194 Å². The molecule has 0 fully saturated rings. The van der Waals surface area contributed by atoms with Crippen LogP contribution in [0.5, 0.6) is 0 Å². The molecule has 4 aliphatic carbocycles. The second-order valence-electron chi connectivity index (χ2n) is 20.1. The van der Waals surface area contributed by atoms with Crippen molar-refractivity contribution in [2.24, 2.45) is 0 Å². The summed E-state index contributed by atoms with van der Waals surface area (Å²) in [4.78, 5) is 0. The van der Waals surface area contributed by atoms with Crippen LogP contribution < -0.4 is 0 Å². The first-order chi connectivity index (χ1) is 33.7. The van der Waals surface area contributed by atoms with E-state index in [1.165, 1.54) is 143 Å². The average Bonchev–Trinajstić information content (AvgIpc) is 4.15. The predicted molar refractivity (Wildman–Crippen MR) is 285 cm³/mol. The molecule has 2 unspecified atom stereocenters. The van der Waals surface area contributed by atoms with E-state index in [4.69, 9.17) is 0 Å². The molecular weight excluding hydrogens is 817 g/mol. The normalized spacial score (nSPS) is 18.2. The van der Waals surface area contributed by atoms with Crippen molar-refractivity contribution in [2.75, 3.05) is 0 Å². The Labute approximate surface area is 395 Å². The number of hydrogen-bond acceptors (Lipinski definition) is 0. The Morgan fingerprint density at radius 3 is 1.04 bits per heavy atom. The Balaban J connectivity index is 0.934. The highest BCUT2D eigenvalue weighted by Crippen LogP contribution is 2.60. The first-order valence-corrected chi connectivity index (χ1v) is 24.6. The Kier molecular flexibility index (Phi) is 7.26. The molecule has 0 amide bonds. The summed E-state index contributed by atoms with van der Waals surface area (Å²) in [5.74, 6) is 0. The molecule has 68 heavy (non-hydrogen) atoms. The molecule has 12 aromatic carbocycles. The van der Waals surface area contributed by atoms with Gasteiger partial charge in [0.1, 0.15) is 0 Å². The molecule has 0 bridgehead atoms. The van der Waals surface area contributed by atoms with E-state index < -0.39 is 0 Å². The zero-order chi connectivity index (χ0) is 44.3. The molecule has 12 aromatic rings. The van der Waals surface area contributed by atoms with Crippen LogP contribution in [0.2, 0.25) is 0 Å². The molecule has 16 rings (SSSR count). The second kappa shape index (κ2) is 13.3. The molecule has 0 heteroatoms. The average molecular weight is 861 g/mol. The highest BCUT2D eigenvalue weighted by atomic mass is 14.5. The molecule has 0 aromatic heterocycles. The lowest BCUT2D eigenvalue weighted by molar-refractivity contribution is 0.626. The van der Waals surface area contributed by atoms with Crippen LogP contribution in [0, 0.1) is 0 Å². The quantitative estimate of drug-likeness (QED) is 0.152. The van der Waals surface area contributed by atoms with Crippen molar-refractivity contribution in [2.45, 2.75) is 36.5 Å². The van der Waals surface area contributed by atoms with Gasteiger partial charge in [0, 0.05) is 10.8 Å². The third-order valence-corrected chi connectivity index (χ3v) is 17.3. The van der Waals surface area contributed by atoms with Gasteiger partial charge in [-0.3, -0.25) is 0 Å². The van der Waals surface area contributed by atoms with Crippen LogP contribution >= 0.6 is 0 Å². The van der Waals surface area contributed by atoms with E-state index in [1.807, 2.05) is 0 Å². The molecular formula is C68H44. The predicted octanol–water partition coefficient (Wildman–Crippen LogP) is 17.3. The molecule has 0 nitrogen and oxygen atoms in total. The molecule has 0 aliphatic heterocycles. The van der Waals surface area contributed by atoms with Crippen molar-refractivity contribution in [3.05, 3.63) is 263 Å². The zero-order valence-electron chi connectivity index (χ0n) is 37.6. The third kappa shape index (κ3) is 4.61. The maximum Gasteiger partial charge on any atom is 0.0469 e. The van der Waals surface area contributed by atoms with Crippen molar-refractivity contribution in [3.63, 3.8) is 0 Å². The summed E-state index contributed by atoms with van der Waals surface area (Å²) in [6.45, 7) is 0. The standard InChI is InChI=1S/C68H44/c1-9-21-59-41(13-1)33-35-67(59)61-23-11-7-17-51(61)53-31-27-45(39-63(53)67)43-25-29-49-50-30-26-44(38-58(50)66-56-20-6-4-16-48(56)47-15-3-5-19-55(47)65(66)57(49)37-43)46-28-32-54-52-18-8-12-24-62(52)68(64(54)40-46)36-34-42-14-2-10-22-60(42)68/h1-32,37-40H,33-36H2. The lowest BCUT2D eigenvalue weighted by Gasteiger charge is -2.29. The number of benzene rings is 12. The summed E-state index contributed by atoms with van der Waals surface area (Å²) in [5.41, 5.74) is 22.1. The van der Waals surface area contributed by atoms with Gasteiger partial charge in [0.05, 0.1) is 0 Å². The fourth-order valence-electron chi connectivity index (χ4n) is 14.5. The summed E-state index contributed by atoms with van der Waals surface area (Å²) in [6.07, 6.45) is 4.40. The molecule has 0 saturated carbocycles. The van der Waals surface area contributed by atoms with Gasteiger partial charge >= 0.3 is 0 Å². The molecule has 2 atom stereocenters. The number of fused-ring (bicyclic) bond motifs is 25. The highest BCUT2D eigenvalue weighted by Gasteiger charge is 2.49. The van der Waals surface area contributed by atoms with Gasteiger partial charge < -0.3 is 0 Å². The van der Waals surface area contributed by atoms with Crippen LogP contribution in [-0.2, 0) is 23.7 Å². The zero-order valence-corrected chi connectivity index (χ0v) is 37.6. The summed E-state index contributed by atoms with van der Waals surface area (Å²) in [6, 6.07) is 84.3. The monoisotopic (exact) mass is 860 g/mol. The summed E-state index contributed by atoms with van der Waals surface area (Å²) >= 11 is 0. The topological polar surface area (TPSA) is 0 Å². The van der Waals surface area contributed by atoms with E-state index in [-0.39, 0.29) is 10.8 Å². The largest absolute Gasteiger partial charge is 0.0620 e. The van der Waals surface area contributed by atoms with E-state index in [1.54, 1.807) is 0 Å². The van der Waals surface area contributed by atoms with Crippen molar-refractivity contribution in [1.82, 2.24) is 0 Å². The first kappa shape index (κ1) is 37.1. The maximum atomic E-state index is 2.55. The summed E-state index contributed by atoms with van der Waals surface area (Å²) in [7, 11) is 0. The number of aryl methyl sites for hydroxylation is 2. The van der Waals surface area contributed by atoms with E-state index in [0.717, 1.165) is 25.7 Å². The van der Waals surface area contributed by atoms with Gasteiger partial charge in [0.15, 0.2) is 0 Å².